The Balaban J connectivity index is 1.88. The minimum absolute atomic E-state index is 0.605. The zero-order chi connectivity index (χ0) is 24.0. The molecule has 0 aliphatic rings. The van der Waals surface area contributed by atoms with Gasteiger partial charge >= 0.3 is 0 Å². The summed E-state index contributed by atoms with van der Waals surface area (Å²) in [6.07, 6.45) is 4.77. The monoisotopic (exact) mass is 460 g/mol. The molecule has 0 atom stereocenters. The van der Waals surface area contributed by atoms with E-state index in [9.17, 15) is 13.5 Å². The highest BCUT2D eigenvalue weighted by Gasteiger charge is 2.33. The molecule has 0 saturated heterocycles. The quantitative estimate of drug-likeness (QED) is 0.427. The maximum atomic E-state index is 12.5. The van der Waals surface area contributed by atoms with Crippen molar-refractivity contribution in [1.82, 2.24) is 9.97 Å². The molecule has 0 aliphatic carbocycles. The van der Waals surface area contributed by atoms with Crippen molar-refractivity contribution in [1.29, 1.82) is 0 Å². The van der Waals surface area contributed by atoms with Gasteiger partial charge in [-0.1, -0.05) is 30.3 Å². The van der Waals surface area contributed by atoms with Gasteiger partial charge in [-0.3, -0.25) is 9.97 Å². The van der Waals surface area contributed by atoms with Gasteiger partial charge in [-0.05, 0) is 74.7 Å². The van der Waals surface area contributed by atoms with E-state index < -0.39 is 20.2 Å². The van der Waals surface area contributed by atoms with Gasteiger partial charge in [0.05, 0.1) is 16.0 Å². The van der Waals surface area contributed by atoms with E-state index in [1.807, 2.05) is 54.6 Å². The van der Waals surface area contributed by atoms with Gasteiger partial charge in [-0.15, -0.1) is 0 Å². The summed E-state index contributed by atoms with van der Waals surface area (Å²) in [5.74, 6) is 0. The largest absolute Gasteiger partial charge is 0.384 e. The first kappa shape index (κ1) is 23.1. The van der Waals surface area contributed by atoms with Gasteiger partial charge in [0, 0.05) is 35.2 Å². The number of nitrogens with zero attached hydrogens (tertiary/aromatic N) is 2. The van der Waals surface area contributed by atoms with Crippen LogP contribution in [0.1, 0.15) is 39.0 Å². The van der Waals surface area contributed by atoms with Crippen LogP contribution in [-0.4, -0.2) is 29.7 Å². The molecule has 0 fully saturated rings. The van der Waals surface area contributed by atoms with E-state index in [4.69, 9.17) is 0 Å². The van der Waals surface area contributed by atoms with Crippen LogP contribution >= 0.6 is 0 Å². The first-order chi connectivity index (χ1) is 15.4. The number of aromatic nitrogens is 2. The fraction of sp³-hybridized carbons (Fsp3) is 0.259. The molecule has 6 heteroatoms. The Morgan fingerprint density at radius 3 is 2.18 bits per heavy atom. The number of fused-ring (bicyclic) bond motifs is 1. The van der Waals surface area contributed by atoms with Crippen molar-refractivity contribution in [2.45, 2.75) is 38.0 Å². The van der Waals surface area contributed by atoms with Crippen molar-refractivity contribution < 1.29 is 13.5 Å². The van der Waals surface area contributed by atoms with Crippen molar-refractivity contribution in [3.05, 3.63) is 84.3 Å². The Kier molecular flexibility index (Phi) is 5.63. The SMILES string of the molecule is CC(C)(O)c1ccc(-c2cccc(-c3cc(C(C)(C)S(C)(=O)=O)cc4cccnc34)c2)cn1. The maximum Gasteiger partial charge on any atom is 0.156 e. The molecular weight excluding hydrogens is 432 g/mol. The van der Waals surface area contributed by atoms with Crippen LogP contribution < -0.4 is 0 Å². The summed E-state index contributed by atoms with van der Waals surface area (Å²) in [5, 5.41) is 11.1. The van der Waals surface area contributed by atoms with Gasteiger partial charge < -0.3 is 5.11 Å². The van der Waals surface area contributed by atoms with Crippen LogP contribution in [-0.2, 0) is 20.2 Å². The molecule has 0 radical (unpaired) electrons. The number of hydrogen-bond donors (Lipinski definition) is 1. The zero-order valence-electron chi connectivity index (χ0n) is 19.5. The van der Waals surface area contributed by atoms with Crippen LogP contribution in [0.5, 0.6) is 0 Å². The van der Waals surface area contributed by atoms with Crippen LogP contribution in [0, 0.1) is 0 Å². The van der Waals surface area contributed by atoms with E-state index in [-0.39, 0.29) is 0 Å². The van der Waals surface area contributed by atoms with E-state index in [2.05, 4.69) is 16.0 Å². The lowest BCUT2D eigenvalue weighted by Crippen LogP contribution is -2.28. The minimum atomic E-state index is -3.34. The highest BCUT2D eigenvalue weighted by molar-refractivity contribution is 7.91. The standard InChI is InChI=1S/C27H28N2O3S/c1-26(2,30)24-12-11-21(17-29-24)18-8-6-9-19(14-18)23-16-22(27(3,4)33(5,31)32)15-20-10-7-13-28-25(20)23/h6-17,30H,1-5H3. The van der Waals surface area contributed by atoms with E-state index in [0.29, 0.717) is 5.69 Å². The Morgan fingerprint density at radius 1 is 0.818 bits per heavy atom. The Hall–Kier alpha value is -3.09. The maximum absolute atomic E-state index is 12.5. The molecule has 2 aromatic heterocycles. The average Bonchev–Trinajstić information content (AvgIpc) is 2.77. The first-order valence-electron chi connectivity index (χ1n) is 10.8. The minimum Gasteiger partial charge on any atom is -0.384 e. The molecule has 170 valence electrons. The molecule has 0 bridgehead atoms. The van der Waals surface area contributed by atoms with Crippen LogP contribution in [0.4, 0.5) is 0 Å². The smallest absolute Gasteiger partial charge is 0.156 e. The third-order valence-electron chi connectivity index (χ3n) is 6.22. The molecule has 0 aliphatic heterocycles. The third-order valence-corrected chi connectivity index (χ3v) is 8.31. The van der Waals surface area contributed by atoms with E-state index in [0.717, 1.165) is 38.7 Å². The molecule has 0 amide bonds. The molecule has 0 unspecified atom stereocenters. The lowest BCUT2D eigenvalue weighted by atomic mass is 9.92. The highest BCUT2D eigenvalue weighted by Crippen LogP contribution is 2.37. The van der Waals surface area contributed by atoms with Crippen LogP contribution in [0.25, 0.3) is 33.2 Å². The normalized spacial score (nSPS) is 12.8. The second-order valence-electron chi connectivity index (χ2n) is 9.45. The molecular formula is C27H28N2O3S. The predicted octanol–water partition coefficient (Wildman–Crippen LogP) is 5.47. The topological polar surface area (TPSA) is 80.1 Å². The van der Waals surface area contributed by atoms with Crippen LogP contribution in [0.15, 0.2) is 73.1 Å². The first-order valence-corrected chi connectivity index (χ1v) is 12.7. The van der Waals surface area contributed by atoms with Crippen molar-refractivity contribution >= 4 is 20.7 Å². The fourth-order valence-electron chi connectivity index (χ4n) is 3.77. The zero-order valence-corrected chi connectivity index (χ0v) is 20.3. The van der Waals surface area contributed by atoms with Gasteiger partial charge in [0.2, 0.25) is 0 Å². The third kappa shape index (κ3) is 4.41. The molecule has 1 N–H and O–H groups in total. The second kappa shape index (κ2) is 8.04. The predicted molar refractivity (Wildman–Crippen MR) is 134 cm³/mol. The molecule has 33 heavy (non-hydrogen) atoms. The summed E-state index contributed by atoms with van der Waals surface area (Å²) in [6, 6.07) is 19.5. The summed E-state index contributed by atoms with van der Waals surface area (Å²) in [4.78, 5) is 9.02. The van der Waals surface area contributed by atoms with Crippen molar-refractivity contribution in [2.75, 3.05) is 6.26 Å². The average molecular weight is 461 g/mol. The number of hydrogen-bond acceptors (Lipinski definition) is 5. The van der Waals surface area contributed by atoms with E-state index >= 15 is 0 Å². The van der Waals surface area contributed by atoms with Gasteiger partial charge in [0.15, 0.2) is 9.84 Å². The lowest BCUT2D eigenvalue weighted by molar-refractivity contribution is 0.0739. The lowest BCUT2D eigenvalue weighted by Gasteiger charge is -2.24. The Labute approximate surface area is 195 Å². The van der Waals surface area contributed by atoms with Crippen molar-refractivity contribution in [3.63, 3.8) is 0 Å². The van der Waals surface area contributed by atoms with E-state index in [1.165, 1.54) is 6.26 Å². The summed E-state index contributed by atoms with van der Waals surface area (Å²) in [7, 11) is -3.34. The molecule has 5 nitrogen and oxygen atoms in total. The fourth-order valence-corrected chi connectivity index (χ4v) is 4.31. The van der Waals surface area contributed by atoms with Gasteiger partial charge in [-0.2, -0.15) is 0 Å². The summed E-state index contributed by atoms with van der Waals surface area (Å²) >= 11 is 0. The van der Waals surface area contributed by atoms with Crippen LogP contribution in [0.2, 0.25) is 0 Å². The van der Waals surface area contributed by atoms with Gasteiger partial charge in [0.25, 0.3) is 0 Å². The molecule has 2 aromatic carbocycles. The Bertz CT molecular complexity index is 1430. The molecule has 0 saturated carbocycles. The van der Waals surface area contributed by atoms with Gasteiger partial charge in [-0.25, -0.2) is 8.42 Å². The number of pyridine rings is 2. The second-order valence-corrected chi connectivity index (χ2v) is 12.0. The summed E-state index contributed by atoms with van der Waals surface area (Å²) < 4.78 is 24.0. The van der Waals surface area contributed by atoms with E-state index in [1.54, 1.807) is 40.1 Å². The number of benzene rings is 2. The molecule has 4 rings (SSSR count). The number of rotatable bonds is 5. The van der Waals surface area contributed by atoms with Gasteiger partial charge in [0.1, 0.15) is 5.60 Å². The van der Waals surface area contributed by atoms with Crippen LogP contribution in [0.3, 0.4) is 0 Å². The molecule has 2 heterocycles. The molecule has 4 aromatic rings. The van der Waals surface area contributed by atoms with Crippen molar-refractivity contribution in [3.8, 4) is 22.3 Å². The highest BCUT2D eigenvalue weighted by atomic mass is 32.2. The molecule has 0 spiro atoms. The summed E-state index contributed by atoms with van der Waals surface area (Å²) in [6.45, 7) is 6.88. The Morgan fingerprint density at radius 2 is 1.55 bits per heavy atom. The number of aliphatic hydroxyl groups is 1. The van der Waals surface area contributed by atoms with Crippen molar-refractivity contribution in [2.24, 2.45) is 0 Å². The number of sulfone groups is 1. The summed E-state index contributed by atoms with van der Waals surface area (Å²) in [5.41, 5.74) is 4.86.